The summed E-state index contributed by atoms with van der Waals surface area (Å²) in [6.07, 6.45) is 5.53. The summed E-state index contributed by atoms with van der Waals surface area (Å²) in [5, 5.41) is 2.36. The lowest BCUT2D eigenvalue weighted by Crippen LogP contribution is -2.87. The molecule has 0 saturated carbocycles. The Balaban J connectivity index is -0.000000308. The lowest BCUT2D eigenvalue weighted by atomic mass is 10.2. The van der Waals surface area contributed by atoms with Crippen LogP contribution in [0.3, 0.4) is 0 Å². The fraction of sp³-hybridized carbons (Fsp3) is 1.00. The number of quaternary nitrogens is 2. The third kappa shape index (κ3) is 19.6. The normalized spacial score (nSPS) is 12.5. The van der Waals surface area contributed by atoms with Crippen LogP contribution in [0.4, 0.5) is 26.3 Å². The van der Waals surface area contributed by atoms with Gasteiger partial charge in [0.1, 0.15) is 13.1 Å². The van der Waals surface area contributed by atoms with Crippen LogP contribution in [-0.4, -0.2) is 56.6 Å². The molecule has 16 heteroatoms. The molecule has 0 radical (unpaired) electrons. The molecule has 0 amide bonds. The molecule has 0 heterocycles. The van der Waals surface area contributed by atoms with E-state index >= 15 is 0 Å². The monoisotopic (exact) mass is 444 g/mol. The van der Waals surface area contributed by atoms with Crippen molar-refractivity contribution in [2.45, 2.75) is 43.6 Å². The van der Waals surface area contributed by atoms with E-state index in [-0.39, 0.29) is 0 Å². The maximum Gasteiger partial charge on any atom is 0.485 e. The number of hydrogen-bond donors (Lipinski definition) is 2. The summed E-state index contributed by atoms with van der Waals surface area (Å²) < 4.78 is 118. The summed E-state index contributed by atoms with van der Waals surface area (Å²) >= 11 is 0. The summed E-state index contributed by atoms with van der Waals surface area (Å²) in [7, 11) is -12.2. The Morgan fingerprint density at radius 2 is 1.15 bits per heavy atom. The van der Waals surface area contributed by atoms with Gasteiger partial charge >= 0.3 is 11.0 Å². The minimum atomic E-state index is -6.09. The van der Waals surface area contributed by atoms with Crippen LogP contribution in [0, 0.1) is 0 Å². The van der Waals surface area contributed by atoms with Gasteiger partial charge in [-0.15, -0.1) is 0 Å². The zero-order chi connectivity index (χ0) is 21.7. The van der Waals surface area contributed by atoms with Crippen LogP contribution < -0.4 is 11.1 Å². The number of hydrogen-bond acceptors (Lipinski definition) is 6. The molecule has 26 heavy (non-hydrogen) atoms. The molecule has 0 fully saturated rings. The predicted molar refractivity (Wildman–Crippen MR) is 75.1 cm³/mol. The molecule has 0 atom stereocenters. The first kappa shape index (κ1) is 30.1. The van der Waals surface area contributed by atoms with Gasteiger partial charge in [0.05, 0.1) is 6.54 Å². The molecule has 162 valence electrons. The maximum atomic E-state index is 10.7. The highest BCUT2D eigenvalue weighted by Gasteiger charge is 2.37. The Bertz CT molecular complexity index is 497. The van der Waals surface area contributed by atoms with E-state index in [9.17, 15) is 26.3 Å². The summed E-state index contributed by atoms with van der Waals surface area (Å²) in [5.74, 6) is 0. The fourth-order valence-electron chi connectivity index (χ4n) is 1.00. The fourth-order valence-corrected chi connectivity index (χ4v) is 1.00. The van der Waals surface area contributed by atoms with Crippen LogP contribution in [0.25, 0.3) is 0 Å². The van der Waals surface area contributed by atoms with Crippen LogP contribution in [-0.2, 0) is 20.2 Å². The molecule has 0 aromatic carbocycles. The van der Waals surface area contributed by atoms with Gasteiger partial charge in [-0.1, -0.05) is 19.8 Å². The minimum Gasteiger partial charge on any atom is -0.741 e. The van der Waals surface area contributed by atoms with E-state index in [2.05, 4.69) is 18.0 Å². The van der Waals surface area contributed by atoms with Gasteiger partial charge in [0.15, 0.2) is 20.2 Å². The lowest BCUT2D eigenvalue weighted by molar-refractivity contribution is -0.670. The average Bonchev–Trinajstić information content (AvgIpc) is 2.40. The molecule has 0 aliphatic carbocycles. The number of rotatable bonds is 7. The van der Waals surface area contributed by atoms with Crippen molar-refractivity contribution < 1.29 is 63.3 Å². The highest BCUT2D eigenvalue weighted by atomic mass is 32.2. The summed E-state index contributed by atoms with van der Waals surface area (Å²) in [6, 6.07) is 0. The Morgan fingerprint density at radius 1 is 0.808 bits per heavy atom. The zero-order valence-corrected chi connectivity index (χ0v) is 15.4. The Labute approximate surface area is 147 Å². The second kappa shape index (κ2) is 13.5. The molecule has 0 rings (SSSR count). The van der Waals surface area contributed by atoms with Gasteiger partial charge in [0.25, 0.3) is 0 Å². The van der Waals surface area contributed by atoms with E-state index in [1.807, 2.05) is 0 Å². The molecular formula is C10H22F6N2O6S2. The standard InChI is InChI=1S/C8H20N2.2CHF3O3S/c1-2-3-4-5-7-10-8-6-9;2*2-1(3,4)8(5,6)7/h10H,2-9H2,1H3;2*(H,5,6,7). The van der Waals surface area contributed by atoms with E-state index in [0.717, 1.165) is 6.54 Å². The number of halogens is 6. The highest BCUT2D eigenvalue weighted by Crippen LogP contribution is 2.21. The quantitative estimate of drug-likeness (QED) is 0.233. The van der Waals surface area contributed by atoms with E-state index in [0.29, 0.717) is 0 Å². The van der Waals surface area contributed by atoms with Gasteiger partial charge in [-0.3, -0.25) is 0 Å². The Hall–Kier alpha value is -0.680. The van der Waals surface area contributed by atoms with Crippen molar-refractivity contribution in [1.82, 2.24) is 0 Å². The van der Waals surface area contributed by atoms with Crippen LogP contribution >= 0.6 is 0 Å². The first-order valence-corrected chi connectivity index (χ1v) is 9.88. The molecule has 0 aromatic rings. The molecule has 0 aliphatic rings. The van der Waals surface area contributed by atoms with E-state index < -0.39 is 31.3 Å². The van der Waals surface area contributed by atoms with Crippen molar-refractivity contribution in [2.24, 2.45) is 0 Å². The van der Waals surface area contributed by atoms with Gasteiger partial charge in [-0.05, 0) is 12.8 Å². The second-order valence-corrected chi connectivity index (χ2v) is 7.32. The summed E-state index contributed by atoms with van der Waals surface area (Å²) in [5.41, 5.74) is -7.50. The third-order valence-electron chi connectivity index (χ3n) is 2.24. The van der Waals surface area contributed by atoms with E-state index in [1.54, 1.807) is 0 Å². The zero-order valence-electron chi connectivity index (χ0n) is 13.8. The number of alkyl halides is 6. The Morgan fingerprint density at radius 3 is 1.38 bits per heavy atom. The van der Waals surface area contributed by atoms with Crippen molar-refractivity contribution in [1.29, 1.82) is 0 Å². The van der Waals surface area contributed by atoms with Crippen molar-refractivity contribution in [3.63, 3.8) is 0 Å². The maximum absolute atomic E-state index is 10.7. The van der Waals surface area contributed by atoms with Crippen LogP contribution in [0.2, 0.25) is 0 Å². The van der Waals surface area contributed by atoms with Gasteiger partial charge in [-0.2, -0.15) is 26.3 Å². The first-order chi connectivity index (χ1) is 11.4. The summed E-state index contributed by atoms with van der Waals surface area (Å²) in [4.78, 5) is 0. The number of unbranched alkanes of at least 4 members (excludes halogenated alkanes) is 3. The van der Waals surface area contributed by atoms with Gasteiger partial charge < -0.3 is 20.2 Å². The first-order valence-electron chi connectivity index (χ1n) is 7.07. The van der Waals surface area contributed by atoms with Crippen molar-refractivity contribution >= 4 is 20.2 Å². The molecule has 5 N–H and O–H groups in total. The molecule has 0 aliphatic heterocycles. The molecule has 0 saturated heterocycles. The highest BCUT2D eigenvalue weighted by molar-refractivity contribution is 7.86. The number of nitrogens with two attached hydrogens (primary N) is 1. The summed E-state index contributed by atoms with van der Waals surface area (Å²) in [6.45, 7) is 5.81. The van der Waals surface area contributed by atoms with Gasteiger partial charge in [0.2, 0.25) is 0 Å². The Kier molecular flexibility index (Phi) is 15.6. The SMILES string of the molecule is CCCCCC[NH2+]CC[NH3+].O=S(=O)([O-])C(F)(F)F.O=S(=O)([O-])C(F)(F)F. The molecule has 8 nitrogen and oxygen atoms in total. The van der Waals surface area contributed by atoms with Gasteiger partial charge in [0, 0.05) is 0 Å². The lowest BCUT2D eigenvalue weighted by Gasteiger charge is -2.08. The van der Waals surface area contributed by atoms with Crippen molar-refractivity contribution in [3.05, 3.63) is 0 Å². The minimum absolute atomic E-state index is 1.06. The molecule has 0 spiro atoms. The van der Waals surface area contributed by atoms with Crippen LogP contribution in [0.5, 0.6) is 0 Å². The predicted octanol–water partition coefficient (Wildman–Crippen LogP) is -0.525. The second-order valence-electron chi connectivity index (χ2n) is 4.58. The van der Waals surface area contributed by atoms with E-state index in [1.165, 1.54) is 38.8 Å². The van der Waals surface area contributed by atoms with Crippen molar-refractivity contribution in [2.75, 3.05) is 19.6 Å². The third-order valence-corrected chi connectivity index (χ3v) is 3.37. The smallest absolute Gasteiger partial charge is 0.485 e. The van der Waals surface area contributed by atoms with E-state index in [4.69, 9.17) is 25.9 Å². The molecule has 0 bridgehead atoms. The van der Waals surface area contributed by atoms with Crippen LogP contribution in [0.15, 0.2) is 0 Å². The van der Waals surface area contributed by atoms with Crippen LogP contribution in [0.1, 0.15) is 32.6 Å². The topological polar surface area (TPSA) is 159 Å². The average molecular weight is 444 g/mol. The molecule has 0 aromatic heterocycles. The van der Waals surface area contributed by atoms with Crippen molar-refractivity contribution in [3.8, 4) is 0 Å². The van der Waals surface area contributed by atoms with Gasteiger partial charge in [-0.25, -0.2) is 16.8 Å². The molecule has 0 unspecified atom stereocenters. The molecular weight excluding hydrogens is 422 g/mol. The largest absolute Gasteiger partial charge is 0.741 e.